The summed E-state index contributed by atoms with van der Waals surface area (Å²) in [4.78, 5) is 2.41. The molecule has 1 aromatic heterocycles. The molecule has 20 heavy (non-hydrogen) atoms. The van der Waals surface area contributed by atoms with Gasteiger partial charge in [0, 0.05) is 19.6 Å². The van der Waals surface area contributed by atoms with Crippen molar-refractivity contribution in [3.05, 3.63) is 57.8 Å². The third-order valence-corrected chi connectivity index (χ3v) is 4.26. The summed E-state index contributed by atoms with van der Waals surface area (Å²) in [5.74, 6) is 0. The summed E-state index contributed by atoms with van der Waals surface area (Å²) in [5, 5.41) is 13.1. The van der Waals surface area contributed by atoms with E-state index in [1.807, 2.05) is 24.3 Å². The fourth-order valence-electron chi connectivity index (χ4n) is 2.45. The van der Waals surface area contributed by atoms with E-state index < -0.39 is 0 Å². The number of thiophene rings is 1. The van der Waals surface area contributed by atoms with Gasteiger partial charge in [0.1, 0.15) is 0 Å². The first-order chi connectivity index (χ1) is 9.85. The van der Waals surface area contributed by atoms with Gasteiger partial charge in [0.2, 0.25) is 0 Å². The van der Waals surface area contributed by atoms with Crippen LogP contribution in [0.1, 0.15) is 22.8 Å². The number of morpholine rings is 1. The monoisotopic (exact) mass is 284 g/mol. The van der Waals surface area contributed by atoms with Crippen LogP contribution in [0.3, 0.4) is 0 Å². The van der Waals surface area contributed by atoms with Crippen LogP contribution in [-0.2, 0) is 11.3 Å². The van der Waals surface area contributed by atoms with Crippen molar-refractivity contribution in [2.45, 2.75) is 12.6 Å². The molecule has 0 N–H and O–H groups in total. The maximum atomic E-state index is 8.81. The summed E-state index contributed by atoms with van der Waals surface area (Å²) in [6.07, 6.45) is 0.188. The summed E-state index contributed by atoms with van der Waals surface area (Å²) in [7, 11) is 0. The van der Waals surface area contributed by atoms with Crippen molar-refractivity contribution < 1.29 is 4.74 Å². The van der Waals surface area contributed by atoms with Crippen molar-refractivity contribution in [2.75, 3.05) is 19.7 Å². The molecule has 3 nitrogen and oxygen atoms in total. The molecule has 1 aliphatic rings. The Labute approximate surface area is 123 Å². The molecule has 0 bridgehead atoms. The standard InChI is InChI=1S/C16H16N2OS/c17-9-13-1-3-14(4-2-13)10-18-6-7-19-16(11-18)15-5-8-20-12-15/h1-5,8,12,16H,6-7,10-11H2. The van der Waals surface area contributed by atoms with E-state index in [9.17, 15) is 0 Å². The topological polar surface area (TPSA) is 36.3 Å². The number of nitrogens with zero attached hydrogens (tertiary/aromatic N) is 2. The number of nitriles is 1. The number of hydrogen-bond acceptors (Lipinski definition) is 4. The summed E-state index contributed by atoms with van der Waals surface area (Å²) in [6, 6.07) is 12.1. The van der Waals surface area contributed by atoms with Gasteiger partial charge in [-0.15, -0.1) is 0 Å². The Morgan fingerprint density at radius 2 is 2.15 bits per heavy atom. The van der Waals surface area contributed by atoms with Gasteiger partial charge in [-0.25, -0.2) is 0 Å². The van der Waals surface area contributed by atoms with Gasteiger partial charge in [-0.05, 0) is 40.1 Å². The Balaban J connectivity index is 1.63. The van der Waals surface area contributed by atoms with E-state index in [-0.39, 0.29) is 6.10 Å². The fourth-order valence-corrected chi connectivity index (χ4v) is 3.15. The van der Waals surface area contributed by atoms with E-state index in [0.717, 1.165) is 26.2 Å². The third kappa shape index (κ3) is 3.07. The minimum Gasteiger partial charge on any atom is -0.371 e. The third-order valence-electron chi connectivity index (χ3n) is 3.55. The highest BCUT2D eigenvalue weighted by atomic mass is 32.1. The predicted molar refractivity (Wildman–Crippen MR) is 79.4 cm³/mol. The minimum absolute atomic E-state index is 0.188. The first-order valence-corrected chi connectivity index (χ1v) is 7.64. The lowest BCUT2D eigenvalue weighted by Crippen LogP contribution is -2.37. The molecule has 1 atom stereocenters. The van der Waals surface area contributed by atoms with Crippen LogP contribution in [-0.4, -0.2) is 24.6 Å². The zero-order chi connectivity index (χ0) is 13.8. The van der Waals surface area contributed by atoms with Crippen molar-refractivity contribution >= 4 is 11.3 Å². The van der Waals surface area contributed by atoms with E-state index >= 15 is 0 Å². The molecule has 0 amide bonds. The first-order valence-electron chi connectivity index (χ1n) is 6.70. The van der Waals surface area contributed by atoms with Crippen LogP contribution in [0.2, 0.25) is 0 Å². The van der Waals surface area contributed by atoms with Gasteiger partial charge in [0.05, 0.1) is 24.3 Å². The van der Waals surface area contributed by atoms with Gasteiger partial charge in [-0.2, -0.15) is 16.6 Å². The highest BCUT2D eigenvalue weighted by molar-refractivity contribution is 7.07. The van der Waals surface area contributed by atoms with E-state index in [2.05, 4.69) is 27.8 Å². The largest absolute Gasteiger partial charge is 0.371 e. The number of ether oxygens (including phenoxy) is 1. The lowest BCUT2D eigenvalue weighted by molar-refractivity contribution is -0.0327. The second-order valence-corrected chi connectivity index (χ2v) is 5.74. The van der Waals surface area contributed by atoms with Gasteiger partial charge in [0.15, 0.2) is 0 Å². The zero-order valence-corrected chi connectivity index (χ0v) is 12.0. The second kappa shape index (κ2) is 6.19. The molecule has 0 saturated carbocycles. The Morgan fingerprint density at radius 1 is 1.30 bits per heavy atom. The lowest BCUT2D eigenvalue weighted by Gasteiger charge is -2.32. The Kier molecular flexibility index (Phi) is 4.12. The quantitative estimate of drug-likeness (QED) is 0.868. The zero-order valence-electron chi connectivity index (χ0n) is 11.2. The molecule has 0 aliphatic carbocycles. The second-order valence-electron chi connectivity index (χ2n) is 4.96. The highest BCUT2D eigenvalue weighted by Crippen LogP contribution is 2.25. The van der Waals surface area contributed by atoms with Gasteiger partial charge < -0.3 is 4.74 Å². The number of hydrogen-bond donors (Lipinski definition) is 0. The Hall–Kier alpha value is -1.67. The normalized spacial score (nSPS) is 19.6. The van der Waals surface area contributed by atoms with Crippen molar-refractivity contribution in [1.82, 2.24) is 4.90 Å². The molecule has 2 aromatic rings. The van der Waals surface area contributed by atoms with Crippen LogP contribution in [0, 0.1) is 11.3 Å². The molecule has 1 fully saturated rings. The van der Waals surface area contributed by atoms with Gasteiger partial charge in [-0.1, -0.05) is 12.1 Å². The van der Waals surface area contributed by atoms with Crippen molar-refractivity contribution in [2.24, 2.45) is 0 Å². The summed E-state index contributed by atoms with van der Waals surface area (Å²) in [5.41, 5.74) is 3.24. The maximum absolute atomic E-state index is 8.81. The Morgan fingerprint density at radius 3 is 2.85 bits per heavy atom. The van der Waals surface area contributed by atoms with Gasteiger partial charge in [-0.3, -0.25) is 4.90 Å². The van der Waals surface area contributed by atoms with E-state index in [1.165, 1.54) is 11.1 Å². The van der Waals surface area contributed by atoms with Crippen LogP contribution >= 0.6 is 11.3 Å². The molecule has 0 spiro atoms. The molecule has 4 heteroatoms. The summed E-state index contributed by atoms with van der Waals surface area (Å²) in [6.45, 7) is 3.57. The Bertz CT molecular complexity index is 586. The molecule has 1 aromatic carbocycles. The average molecular weight is 284 g/mol. The van der Waals surface area contributed by atoms with Crippen molar-refractivity contribution in [1.29, 1.82) is 5.26 Å². The van der Waals surface area contributed by atoms with E-state index in [4.69, 9.17) is 10.00 Å². The molecule has 1 unspecified atom stereocenters. The predicted octanol–water partition coefficient (Wildman–Crippen LogP) is 3.19. The van der Waals surface area contributed by atoms with Crippen molar-refractivity contribution in [3.63, 3.8) is 0 Å². The number of benzene rings is 1. The van der Waals surface area contributed by atoms with Crippen LogP contribution in [0.4, 0.5) is 0 Å². The molecular formula is C16H16N2OS. The van der Waals surface area contributed by atoms with Crippen LogP contribution in [0.5, 0.6) is 0 Å². The molecule has 3 rings (SSSR count). The van der Waals surface area contributed by atoms with Crippen LogP contribution < -0.4 is 0 Å². The van der Waals surface area contributed by atoms with E-state index in [0.29, 0.717) is 5.56 Å². The van der Waals surface area contributed by atoms with Crippen LogP contribution in [0.15, 0.2) is 41.1 Å². The van der Waals surface area contributed by atoms with Gasteiger partial charge >= 0.3 is 0 Å². The smallest absolute Gasteiger partial charge is 0.0991 e. The molecule has 1 aliphatic heterocycles. The van der Waals surface area contributed by atoms with Gasteiger partial charge in [0.25, 0.3) is 0 Å². The minimum atomic E-state index is 0.188. The lowest BCUT2D eigenvalue weighted by atomic mass is 10.1. The number of rotatable bonds is 3. The van der Waals surface area contributed by atoms with Crippen LogP contribution in [0.25, 0.3) is 0 Å². The molecule has 1 saturated heterocycles. The summed E-state index contributed by atoms with van der Waals surface area (Å²) < 4.78 is 5.85. The molecular weight excluding hydrogens is 268 g/mol. The fraction of sp³-hybridized carbons (Fsp3) is 0.312. The summed E-state index contributed by atoms with van der Waals surface area (Å²) >= 11 is 1.71. The molecule has 0 radical (unpaired) electrons. The SMILES string of the molecule is N#Cc1ccc(CN2CCOC(c3ccsc3)C2)cc1. The highest BCUT2D eigenvalue weighted by Gasteiger charge is 2.22. The first kappa shape index (κ1) is 13.3. The molecule has 2 heterocycles. The average Bonchev–Trinajstić information content (AvgIpc) is 3.03. The maximum Gasteiger partial charge on any atom is 0.0991 e. The van der Waals surface area contributed by atoms with E-state index in [1.54, 1.807) is 11.3 Å². The molecule has 102 valence electrons. The van der Waals surface area contributed by atoms with Crippen molar-refractivity contribution in [3.8, 4) is 6.07 Å².